The number of hydrogen-bond acceptors (Lipinski definition) is 2. The molecule has 3 nitrogen and oxygen atoms in total. The molecule has 3 heteroatoms. The maximum absolute atomic E-state index is 11.1. The Balaban J connectivity index is 1.43. The molecule has 134 valence electrons. The zero-order valence-corrected chi connectivity index (χ0v) is 15.1. The van der Waals surface area contributed by atoms with Crippen molar-refractivity contribution in [3.8, 4) is 11.1 Å². The summed E-state index contributed by atoms with van der Waals surface area (Å²) in [5.74, 6) is -0.926. The number of aromatic carboxylic acids is 1. The van der Waals surface area contributed by atoms with Gasteiger partial charge in [0.25, 0.3) is 0 Å². The third-order valence-electron chi connectivity index (χ3n) is 5.22. The fourth-order valence-electron chi connectivity index (χ4n) is 3.82. The number of pyridine rings is 1. The number of rotatable bonds is 3. The first kappa shape index (κ1) is 16.5. The Kier molecular flexibility index (Phi) is 3.80. The zero-order chi connectivity index (χ0) is 19.1. The van der Waals surface area contributed by atoms with Gasteiger partial charge in [0, 0.05) is 5.39 Å². The van der Waals surface area contributed by atoms with Crippen LogP contribution in [0.5, 0.6) is 0 Å². The first-order chi connectivity index (χ1) is 13.7. The van der Waals surface area contributed by atoms with Gasteiger partial charge in [-0.2, -0.15) is 0 Å². The number of carbonyl (C=O) groups is 1. The summed E-state index contributed by atoms with van der Waals surface area (Å²) in [6.07, 6.45) is 5.05. The van der Waals surface area contributed by atoms with Crippen molar-refractivity contribution in [2.75, 3.05) is 0 Å². The molecule has 0 amide bonds. The molecule has 0 aliphatic heterocycles. The Morgan fingerprint density at radius 1 is 0.857 bits per heavy atom. The van der Waals surface area contributed by atoms with Crippen molar-refractivity contribution in [1.29, 1.82) is 0 Å². The predicted octanol–water partition coefficient (Wildman–Crippen LogP) is 5.67. The van der Waals surface area contributed by atoms with E-state index in [9.17, 15) is 4.79 Å². The highest BCUT2D eigenvalue weighted by Crippen LogP contribution is 2.36. The molecule has 1 N–H and O–H groups in total. The van der Waals surface area contributed by atoms with Gasteiger partial charge in [0.05, 0.1) is 16.8 Å². The first-order valence-electron chi connectivity index (χ1n) is 9.21. The van der Waals surface area contributed by atoms with Crippen LogP contribution < -0.4 is 0 Å². The molecule has 0 spiro atoms. The van der Waals surface area contributed by atoms with Crippen LogP contribution in [0.15, 0.2) is 72.8 Å². The predicted molar refractivity (Wildman–Crippen MR) is 112 cm³/mol. The minimum absolute atomic E-state index is 0.275. The largest absolute Gasteiger partial charge is 0.478 e. The third kappa shape index (κ3) is 2.87. The van der Waals surface area contributed by atoms with Crippen LogP contribution in [0, 0.1) is 0 Å². The minimum atomic E-state index is -0.926. The monoisotopic (exact) mass is 363 g/mol. The summed E-state index contributed by atoms with van der Waals surface area (Å²) in [5, 5.41) is 9.93. The number of hydrogen-bond donors (Lipinski definition) is 1. The lowest BCUT2D eigenvalue weighted by atomic mass is 10.0. The maximum atomic E-state index is 11.1. The van der Waals surface area contributed by atoms with Gasteiger partial charge in [-0.25, -0.2) is 9.78 Å². The lowest BCUT2D eigenvalue weighted by Gasteiger charge is -2.03. The van der Waals surface area contributed by atoms with Crippen LogP contribution in [-0.2, 0) is 6.42 Å². The van der Waals surface area contributed by atoms with Crippen molar-refractivity contribution in [3.63, 3.8) is 0 Å². The van der Waals surface area contributed by atoms with Gasteiger partial charge in [0.1, 0.15) is 0 Å². The molecule has 3 aromatic carbocycles. The Hall–Kier alpha value is -3.72. The third-order valence-corrected chi connectivity index (χ3v) is 5.22. The molecule has 0 fully saturated rings. The quantitative estimate of drug-likeness (QED) is 0.449. The number of benzene rings is 3. The Morgan fingerprint density at radius 3 is 2.61 bits per heavy atom. The SMILES string of the molecule is O=C(O)c1ccc2nc(/C=C/c3ccc4c(c3)Cc3ccccc3-4)ccc2c1. The lowest BCUT2D eigenvalue weighted by molar-refractivity contribution is 0.0697. The molecule has 0 radical (unpaired) electrons. The summed E-state index contributed by atoms with van der Waals surface area (Å²) in [6.45, 7) is 0. The second-order valence-corrected chi connectivity index (χ2v) is 7.03. The van der Waals surface area contributed by atoms with Crippen molar-refractivity contribution >= 4 is 29.0 Å². The second kappa shape index (κ2) is 6.46. The molecule has 1 aromatic heterocycles. The molecule has 28 heavy (non-hydrogen) atoms. The summed E-state index contributed by atoms with van der Waals surface area (Å²) in [7, 11) is 0. The van der Waals surface area contributed by atoms with Gasteiger partial charge < -0.3 is 5.11 Å². The molecule has 0 unspecified atom stereocenters. The Morgan fingerprint density at radius 2 is 1.71 bits per heavy atom. The molecule has 0 bridgehead atoms. The summed E-state index contributed by atoms with van der Waals surface area (Å²) in [6, 6.07) is 23.9. The fourth-order valence-corrected chi connectivity index (χ4v) is 3.82. The Bertz CT molecular complexity index is 1270. The van der Waals surface area contributed by atoms with Crippen molar-refractivity contribution in [3.05, 3.63) is 101 Å². The highest BCUT2D eigenvalue weighted by atomic mass is 16.4. The summed E-state index contributed by atoms with van der Waals surface area (Å²) >= 11 is 0. The van der Waals surface area contributed by atoms with E-state index in [0.717, 1.165) is 28.6 Å². The van der Waals surface area contributed by atoms with Gasteiger partial charge in [-0.15, -0.1) is 0 Å². The van der Waals surface area contributed by atoms with Gasteiger partial charge in [0.2, 0.25) is 0 Å². The molecule has 1 heterocycles. The number of aromatic nitrogens is 1. The van der Waals surface area contributed by atoms with E-state index in [-0.39, 0.29) is 5.56 Å². The summed E-state index contributed by atoms with van der Waals surface area (Å²) in [5.41, 5.74) is 8.46. The minimum Gasteiger partial charge on any atom is -0.478 e. The van der Waals surface area contributed by atoms with Gasteiger partial charge >= 0.3 is 5.97 Å². The first-order valence-corrected chi connectivity index (χ1v) is 9.21. The molecule has 1 aliphatic carbocycles. The van der Waals surface area contributed by atoms with E-state index >= 15 is 0 Å². The van der Waals surface area contributed by atoms with Crippen LogP contribution in [0.1, 0.15) is 32.7 Å². The fraction of sp³-hybridized carbons (Fsp3) is 0.0400. The van der Waals surface area contributed by atoms with Crippen LogP contribution in [0.3, 0.4) is 0 Å². The highest BCUT2D eigenvalue weighted by Gasteiger charge is 2.17. The van der Waals surface area contributed by atoms with Crippen molar-refractivity contribution in [2.45, 2.75) is 6.42 Å². The summed E-state index contributed by atoms with van der Waals surface area (Å²) in [4.78, 5) is 15.7. The van der Waals surface area contributed by atoms with E-state index in [4.69, 9.17) is 5.11 Å². The van der Waals surface area contributed by atoms with E-state index < -0.39 is 5.97 Å². The van der Waals surface area contributed by atoms with Crippen molar-refractivity contribution < 1.29 is 9.90 Å². The summed E-state index contributed by atoms with van der Waals surface area (Å²) < 4.78 is 0. The molecule has 0 saturated heterocycles. The molecule has 5 rings (SSSR count). The van der Waals surface area contributed by atoms with Crippen LogP contribution in [0.25, 0.3) is 34.2 Å². The van der Waals surface area contributed by atoms with E-state index in [1.54, 1.807) is 18.2 Å². The van der Waals surface area contributed by atoms with E-state index in [1.807, 2.05) is 18.2 Å². The lowest BCUT2D eigenvalue weighted by Crippen LogP contribution is -1.95. The standard InChI is InChI=1S/C25H17NO2/c27-25(28)19-8-12-24-18(15-19)7-10-21(26-24)9-5-16-6-11-23-20(13-16)14-17-3-1-2-4-22(17)23/h1-13,15H,14H2,(H,27,28)/b9-5+. The highest BCUT2D eigenvalue weighted by molar-refractivity contribution is 5.93. The Labute approximate surface area is 162 Å². The average molecular weight is 363 g/mol. The number of carboxylic acids is 1. The molecule has 0 atom stereocenters. The van der Waals surface area contributed by atoms with Gasteiger partial charge in [-0.1, -0.05) is 54.6 Å². The van der Waals surface area contributed by atoms with Crippen molar-refractivity contribution in [1.82, 2.24) is 4.98 Å². The van der Waals surface area contributed by atoms with Crippen LogP contribution >= 0.6 is 0 Å². The number of carboxylic acid groups (broad SMARTS) is 1. The van der Waals surface area contributed by atoms with Crippen LogP contribution in [-0.4, -0.2) is 16.1 Å². The van der Waals surface area contributed by atoms with Crippen LogP contribution in [0.4, 0.5) is 0 Å². The molecular formula is C25H17NO2. The topological polar surface area (TPSA) is 50.2 Å². The number of fused-ring (bicyclic) bond motifs is 4. The molecule has 4 aromatic rings. The molecule has 1 aliphatic rings. The van der Waals surface area contributed by atoms with Crippen LogP contribution in [0.2, 0.25) is 0 Å². The van der Waals surface area contributed by atoms with E-state index in [1.165, 1.54) is 22.3 Å². The van der Waals surface area contributed by atoms with E-state index in [2.05, 4.69) is 53.5 Å². The maximum Gasteiger partial charge on any atom is 0.335 e. The van der Waals surface area contributed by atoms with Crippen molar-refractivity contribution in [2.24, 2.45) is 0 Å². The molecular weight excluding hydrogens is 346 g/mol. The molecule has 0 saturated carbocycles. The smallest absolute Gasteiger partial charge is 0.335 e. The second-order valence-electron chi connectivity index (χ2n) is 7.03. The normalized spacial score (nSPS) is 12.3. The zero-order valence-electron chi connectivity index (χ0n) is 15.1. The van der Waals surface area contributed by atoms with Gasteiger partial charge in [-0.05, 0) is 64.6 Å². The van der Waals surface area contributed by atoms with Gasteiger partial charge in [0.15, 0.2) is 0 Å². The average Bonchev–Trinajstić information content (AvgIpc) is 3.09. The van der Waals surface area contributed by atoms with E-state index in [0.29, 0.717) is 0 Å². The van der Waals surface area contributed by atoms with Gasteiger partial charge in [-0.3, -0.25) is 0 Å². The number of nitrogens with zero attached hydrogens (tertiary/aromatic N) is 1.